The second kappa shape index (κ2) is 2.36. The number of rotatable bonds is 1. The summed E-state index contributed by atoms with van der Waals surface area (Å²) in [7, 11) is 0. The molecular weight excluding hydrogens is 148 g/mol. The Morgan fingerprint density at radius 3 is 2.44 bits per heavy atom. The molecule has 0 radical (unpaired) electrons. The van der Waals surface area contributed by atoms with E-state index < -0.39 is 17.8 Å². The van der Waals surface area contributed by atoms with Gasteiger partial charge in [0.15, 0.2) is 0 Å². The maximum absolute atomic E-state index is 12.1. The van der Waals surface area contributed by atoms with Crippen molar-refractivity contribution < 1.29 is 13.9 Å². The van der Waals surface area contributed by atoms with Gasteiger partial charge in [-0.15, -0.1) is 0 Å². The fourth-order valence-electron chi connectivity index (χ4n) is 0.404. The molecule has 0 unspecified atom stereocenters. The molecule has 50 valence electrons. The molecule has 1 aromatic rings. The molecule has 0 aliphatic rings. The van der Waals surface area contributed by atoms with Crippen LogP contribution in [-0.2, 0) is 6.61 Å². The molecule has 0 atom stereocenters. The Labute approximate surface area is 53.8 Å². The predicted octanol–water partition coefficient (Wildman–Crippen LogP) is 0.914. The van der Waals surface area contributed by atoms with E-state index in [1.807, 2.05) is 0 Å². The molecule has 9 heavy (non-hydrogen) atoms. The zero-order chi connectivity index (χ0) is 6.85. The van der Waals surface area contributed by atoms with Crippen molar-refractivity contribution in [1.29, 1.82) is 0 Å². The van der Waals surface area contributed by atoms with E-state index in [0.29, 0.717) is 11.3 Å². The van der Waals surface area contributed by atoms with Crippen molar-refractivity contribution in [1.82, 2.24) is 4.98 Å². The molecule has 0 aliphatic heterocycles. The summed E-state index contributed by atoms with van der Waals surface area (Å²) >= 11 is 0.512. The van der Waals surface area contributed by atoms with Gasteiger partial charge in [-0.05, 0) is 0 Å². The fraction of sp³-hybridized carbons (Fsp3) is 0.250. The Hall–Kier alpha value is -0.550. The van der Waals surface area contributed by atoms with E-state index in [4.69, 9.17) is 5.11 Å². The van der Waals surface area contributed by atoms with E-state index in [1.54, 1.807) is 0 Å². The van der Waals surface area contributed by atoms with Crippen LogP contribution in [0.1, 0.15) is 4.88 Å². The topological polar surface area (TPSA) is 33.1 Å². The van der Waals surface area contributed by atoms with Gasteiger partial charge in [-0.1, -0.05) is 11.3 Å². The van der Waals surface area contributed by atoms with E-state index in [9.17, 15) is 8.78 Å². The number of nitrogens with zero attached hydrogens (tertiary/aromatic N) is 1. The molecule has 0 spiro atoms. The van der Waals surface area contributed by atoms with Gasteiger partial charge in [-0.3, -0.25) is 0 Å². The molecule has 0 amide bonds. The first-order chi connectivity index (χ1) is 4.24. The molecule has 0 aromatic carbocycles. The van der Waals surface area contributed by atoms with Gasteiger partial charge in [0.1, 0.15) is 0 Å². The van der Waals surface area contributed by atoms with Crippen molar-refractivity contribution in [2.24, 2.45) is 0 Å². The van der Waals surface area contributed by atoms with Gasteiger partial charge in [-0.25, -0.2) is 0 Å². The van der Waals surface area contributed by atoms with Gasteiger partial charge in [0.05, 0.1) is 11.5 Å². The molecular formula is C4H3F2NOS. The average Bonchev–Trinajstić information content (AvgIpc) is 2.10. The number of halogens is 2. The average molecular weight is 151 g/mol. The highest BCUT2D eigenvalue weighted by Gasteiger charge is 2.07. The zero-order valence-electron chi connectivity index (χ0n) is 4.27. The number of hydrogen-bond acceptors (Lipinski definition) is 3. The van der Waals surface area contributed by atoms with Crippen LogP contribution in [0.4, 0.5) is 8.78 Å². The first kappa shape index (κ1) is 6.57. The van der Waals surface area contributed by atoms with E-state index >= 15 is 0 Å². The standard InChI is InChI=1S/C4H3F2NOS/c5-3-2(1-8)9-4(6)7-3/h8H,1H2. The van der Waals surface area contributed by atoms with Crippen molar-refractivity contribution in [2.75, 3.05) is 0 Å². The van der Waals surface area contributed by atoms with Crippen LogP contribution >= 0.6 is 11.3 Å². The lowest BCUT2D eigenvalue weighted by molar-refractivity contribution is 0.279. The molecule has 5 heteroatoms. The van der Waals surface area contributed by atoms with Gasteiger partial charge in [-0.2, -0.15) is 13.8 Å². The lowest BCUT2D eigenvalue weighted by Crippen LogP contribution is -1.81. The second-order valence-electron chi connectivity index (χ2n) is 1.34. The molecule has 0 saturated carbocycles. The third-order valence-corrected chi connectivity index (χ3v) is 1.57. The summed E-state index contributed by atoms with van der Waals surface area (Å²) in [5.41, 5.74) is 0. The molecule has 1 rings (SSSR count). The number of hydrogen-bond donors (Lipinski definition) is 1. The molecule has 0 fully saturated rings. The Morgan fingerprint density at radius 1 is 1.56 bits per heavy atom. The Morgan fingerprint density at radius 2 is 2.22 bits per heavy atom. The van der Waals surface area contributed by atoms with Crippen LogP contribution in [0.5, 0.6) is 0 Å². The molecule has 2 nitrogen and oxygen atoms in total. The van der Waals surface area contributed by atoms with Gasteiger partial charge in [0.2, 0.25) is 5.95 Å². The van der Waals surface area contributed by atoms with Gasteiger partial charge < -0.3 is 5.11 Å². The van der Waals surface area contributed by atoms with Crippen LogP contribution in [0.15, 0.2) is 0 Å². The predicted molar refractivity (Wildman–Crippen MR) is 28.0 cm³/mol. The van der Waals surface area contributed by atoms with Crippen molar-refractivity contribution in [3.8, 4) is 0 Å². The van der Waals surface area contributed by atoms with E-state index in [-0.39, 0.29) is 4.88 Å². The summed E-state index contributed by atoms with van der Waals surface area (Å²) < 4.78 is 24.0. The molecule has 1 aromatic heterocycles. The van der Waals surface area contributed by atoms with Crippen LogP contribution in [-0.4, -0.2) is 10.1 Å². The number of thiazole rings is 1. The van der Waals surface area contributed by atoms with Gasteiger partial charge >= 0.3 is 0 Å². The van der Waals surface area contributed by atoms with Crippen LogP contribution in [0.2, 0.25) is 0 Å². The summed E-state index contributed by atoms with van der Waals surface area (Å²) in [5, 5.41) is 7.45. The Bertz CT molecular complexity index is 212. The first-order valence-corrected chi connectivity index (χ1v) is 2.97. The van der Waals surface area contributed by atoms with Crippen LogP contribution < -0.4 is 0 Å². The third kappa shape index (κ3) is 1.22. The van der Waals surface area contributed by atoms with Crippen molar-refractivity contribution in [3.63, 3.8) is 0 Å². The van der Waals surface area contributed by atoms with Gasteiger partial charge in [0, 0.05) is 0 Å². The fourth-order valence-corrected chi connectivity index (χ4v) is 0.927. The summed E-state index contributed by atoms with van der Waals surface area (Å²) in [6, 6.07) is 0. The quantitative estimate of drug-likeness (QED) is 0.647. The maximum Gasteiger partial charge on any atom is 0.272 e. The van der Waals surface area contributed by atoms with Crippen molar-refractivity contribution in [3.05, 3.63) is 16.1 Å². The minimum absolute atomic E-state index is 0.0625. The molecule has 0 saturated heterocycles. The second-order valence-corrected chi connectivity index (χ2v) is 2.37. The number of aromatic nitrogens is 1. The third-order valence-electron chi connectivity index (χ3n) is 0.767. The van der Waals surface area contributed by atoms with Crippen LogP contribution in [0.25, 0.3) is 0 Å². The zero-order valence-corrected chi connectivity index (χ0v) is 5.08. The lowest BCUT2D eigenvalue weighted by Gasteiger charge is -1.81. The largest absolute Gasteiger partial charge is 0.391 e. The summed E-state index contributed by atoms with van der Waals surface area (Å²) in [5.74, 6) is -0.917. The molecule has 1 heterocycles. The van der Waals surface area contributed by atoms with Crippen molar-refractivity contribution >= 4 is 11.3 Å². The van der Waals surface area contributed by atoms with E-state index in [2.05, 4.69) is 4.98 Å². The number of aliphatic hydroxyl groups is 1. The van der Waals surface area contributed by atoms with Gasteiger partial charge in [0.25, 0.3) is 5.26 Å². The highest BCUT2D eigenvalue weighted by Crippen LogP contribution is 2.14. The van der Waals surface area contributed by atoms with Crippen LogP contribution in [0, 0.1) is 11.2 Å². The normalized spacial score (nSPS) is 10.1. The van der Waals surface area contributed by atoms with Crippen LogP contribution in [0.3, 0.4) is 0 Å². The SMILES string of the molecule is OCc1sc(F)nc1F. The molecule has 1 N–H and O–H groups in total. The minimum Gasteiger partial charge on any atom is -0.391 e. The maximum atomic E-state index is 12.1. The molecule has 0 bridgehead atoms. The van der Waals surface area contributed by atoms with E-state index in [1.165, 1.54) is 0 Å². The summed E-state index contributed by atoms with van der Waals surface area (Å²) in [6.07, 6.45) is 0. The van der Waals surface area contributed by atoms with E-state index in [0.717, 1.165) is 0 Å². The minimum atomic E-state index is -0.917. The van der Waals surface area contributed by atoms with Crippen molar-refractivity contribution in [2.45, 2.75) is 6.61 Å². The highest BCUT2D eigenvalue weighted by molar-refractivity contribution is 7.09. The number of aliphatic hydroxyl groups excluding tert-OH is 1. The molecule has 0 aliphatic carbocycles. The Kier molecular flexibility index (Phi) is 1.73. The lowest BCUT2D eigenvalue weighted by atomic mass is 10.6. The summed E-state index contributed by atoms with van der Waals surface area (Å²) in [6.45, 7) is -0.493. The summed E-state index contributed by atoms with van der Waals surface area (Å²) in [4.78, 5) is 2.74. The highest BCUT2D eigenvalue weighted by atomic mass is 32.1. The first-order valence-electron chi connectivity index (χ1n) is 2.15. The Balaban J connectivity index is 3.01. The smallest absolute Gasteiger partial charge is 0.272 e. The monoisotopic (exact) mass is 151 g/mol.